The van der Waals surface area contributed by atoms with Gasteiger partial charge in [-0.15, -0.1) is 0 Å². The molecule has 15 heteroatoms. The van der Waals surface area contributed by atoms with E-state index in [-0.39, 0.29) is 31.6 Å². The predicted molar refractivity (Wildman–Crippen MR) is 187 cm³/mol. The fraction of sp³-hybridized carbons (Fsp3) is 0.432. The molecular formula is C37H40ClFN6O7. The number of halogens is 2. The fourth-order valence-electron chi connectivity index (χ4n) is 7.08. The number of piperidine rings is 1. The van der Waals surface area contributed by atoms with E-state index in [2.05, 4.69) is 14.8 Å². The molecule has 2 amide bonds. The number of hydrogen-bond acceptors (Lipinski definition) is 9. The molecule has 2 aromatic carbocycles. The maximum atomic E-state index is 14.2. The molecule has 7 rings (SSSR count). The molecule has 3 saturated heterocycles. The van der Waals surface area contributed by atoms with Gasteiger partial charge in [0.25, 0.3) is 5.91 Å². The second-order valence-corrected chi connectivity index (χ2v) is 14.0. The number of aliphatic carboxylic acids is 1. The molecule has 5 heterocycles. The lowest BCUT2D eigenvalue weighted by atomic mass is 9.93. The molecule has 4 aromatic rings. The van der Waals surface area contributed by atoms with E-state index in [1.807, 2.05) is 18.2 Å². The van der Waals surface area contributed by atoms with Crippen molar-refractivity contribution in [2.24, 2.45) is 0 Å². The summed E-state index contributed by atoms with van der Waals surface area (Å²) in [5.74, 6) is -1.11. The molecule has 13 nitrogen and oxygen atoms in total. The minimum absolute atomic E-state index is 0.0440. The van der Waals surface area contributed by atoms with Crippen molar-refractivity contribution in [1.29, 1.82) is 0 Å². The molecule has 52 heavy (non-hydrogen) atoms. The summed E-state index contributed by atoms with van der Waals surface area (Å²) in [6.07, 6.45) is 1.87. The van der Waals surface area contributed by atoms with E-state index in [9.17, 15) is 29.0 Å². The van der Waals surface area contributed by atoms with Crippen LogP contribution >= 0.6 is 11.6 Å². The van der Waals surface area contributed by atoms with Gasteiger partial charge >= 0.3 is 5.97 Å². The normalized spacial score (nSPS) is 20.9. The predicted octanol–water partition coefficient (Wildman–Crippen LogP) is 3.75. The first-order valence-electron chi connectivity index (χ1n) is 17.5. The van der Waals surface area contributed by atoms with Crippen molar-refractivity contribution in [3.63, 3.8) is 0 Å². The molecule has 0 radical (unpaired) electrons. The number of pyridine rings is 1. The van der Waals surface area contributed by atoms with Gasteiger partial charge in [-0.3, -0.25) is 14.5 Å². The SMILES string of the molecule is O=C(NCC(=O)N1C[C@@H](O)C[C@H]1C(=O)O)c1ccc2c(c1)nc(CN1CCC(c3cccc(OCc4ccc(Cl)cc4F)n3)CC1)n2C[C@@H]1CCO1. The molecule has 2 aromatic heterocycles. The van der Waals surface area contributed by atoms with E-state index in [4.69, 9.17) is 31.0 Å². The highest BCUT2D eigenvalue weighted by Crippen LogP contribution is 2.30. The summed E-state index contributed by atoms with van der Waals surface area (Å²) in [5.41, 5.74) is 3.20. The monoisotopic (exact) mass is 734 g/mol. The minimum atomic E-state index is -1.19. The van der Waals surface area contributed by atoms with Crippen LogP contribution in [-0.2, 0) is 34.0 Å². The summed E-state index contributed by atoms with van der Waals surface area (Å²) in [7, 11) is 0. The Bertz CT molecular complexity index is 1960. The zero-order chi connectivity index (χ0) is 36.4. The fourth-order valence-corrected chi connectivity index (χ4v) is 7.24. The number of hydrogen-bond donors (Lipinski definition) is 3. The maximum absolute atomic E-state index is 14.2. The van der Waals surface area contributed by atoms with E-state index in [1.54, 1.807) is 30.3 Å². The van der Waals surface area contributed by atoms with Crippen LogP contribution in [0.4, 0.5) is 4.39 Å². The number of imidazole rings is 1. The first kappa shape index (κ1) is 35.8. The minimum Gasteiger partial charge on any atom is -0.480 e. The van der Waals surface area contributed by atoms with E-state index in [0.29, 0.717) is 40.6 Å². The zero-order valence-electron chi connectivity index (χ0n) is 28.4. The van der Waals surface area contributed by atoms with E-state index in [1.165, 1.54) is 6.07 Å². The molecule has 0 saturated carbocycles. The van der Waals surface area contributed by atoms with Gasteiger partial charge in [-0.25, -0.2) is 19.2 Å². The van der Waals surface area contributed by atoms with Crippen molar-refractivity contribution in [1.82, 2.24) is 29.7 Å². The molecule has 0 bridgehead atoms. The highest BCUT2D eigenvalue weighted by molar-refractivity contribution is 6.30. The second-order valence-electron chi connectivity index (χ2n) is 13.6. The average molecular weight is 735 g/mol. The number of aliphatic hydroxyl groups is 1. The molecule has 274 valence electrons. The van der Waals surface area contributed by atoms with Crippen molar-refractivity contribution in [2.45, 2.75) is 69.5 Å². The number of likely N-dealkylation sites (tertiary alicyclic amines) is 2. The topological polar surface area (TPSA) is 159 Å². The Hall–Kier alpha value is -4.63. The van der Waals surface area contributed by atoms with Crippen molar-refractivity contribution in [3.05, 3.63) is 88.1 Å². The number of benzene rings is 2. The van der Waals surface area contributed by atoms with Crippen LogP contribution in [0.2, 0.25) is 5.02 Å². The lowest BCUT2D eigenvalue weighted by Gasteiger charge is -2.32. The van der Waals surface area contributed by atoms with Crippen LogP contribution in [0, 0.1) is 5.82 Å². The Morgan fingerprint density at radius 3 is 2.60 bits per heavy atom. The number of carboxylic acids is 1. The maximum Gasteiger partial charge on any atom is 0.326 e. The van der Waals surface area contributed by atoms with Crippen LogP contribution in [0.25, 0.3) is 11.0 Å². The molecule has 0 aliphatic carbocycles. The molecule has 3 atom stereocenters. The standard InChI is InChI=1S/C37H40ClFN6O7/c38-25-6-4-24(28(39)15-25)21-52-34-3-1-2-29(42-34)22-8-11-43(12-9-22)20-33-41-30-14-23(5-7-31(30)44(33)19-27-10-13-51-27)36(48)40-17-35(47)45-18-26(46)16-32(45)37(49)50/h1-7,14-15,22,26-27,32,46H,8-13,16-21H2,(H,40,48)(H,49,50)/t26-,27-,32-/m0/s1. The van der Waals surface area contributed by atoms with Gasteiger partial charge in [-0.1, -0.05) is 23.7 Å². The van der Waals surface area contributed by atoms with Gasteiger partial charge in [-0.2, -0.15) is 0 Å². The summed E-state index contributed by atoms with van der Waals surface area (Å²) >= 11 is 5.87. The van der Waals surface area contributed by atoms with Crippen LogP contribution in [0.15, 0.2) is 54.6 Å². The van der Waals surface area contributed by atoms with Crippen LogP contribution in [0.1, 0.15) is 59.0 Å². The smallest absolute Gasteiger partial charge is 0.326 e. The number of aliphatic hydroxyl groups excluding tert-OH is 1. The van der Waals surface area contributed by atoms with Crippen molar-refractivity contribution in [2.75, 3.05) is 32.8 Å². The number of nitrogens with one attached hydrogen (secondary N) is 1. The van der Waals surface area contributed by atoms with Crippen molar-refractivity contribution < 1.29 is 38.5 Å². The number of amides is 2. The Morgan fingerprint density at radius 2 is 1.87 bits per heavy atom. The highest BCUT2D eigenvalue weighted by Gasteiger charge is 2.38. The third-order valence-electron chi connectivity index (χ3n) is 10.1. The number of aromatic nitrogens is 3. The Labute approximate surface area is 304 Å². The van der Waals surface area contributed by atoms with Crippen LogP contribution in [-0.4, -0.2) is 103 Å². The summed E-state index contributed by atoms with van der Waals surface area (Å²) in [4.78, 5) is 50.5. The van der Waals surface area contributed by atoms with Gasteiger partial charge in [0.1, 0.15) is 24.3 Å². The Kier molecular flexibility index (Phi) is 10.7. The quantitative estimate of drug-likeness (QED) is 0.196. The molecule has 3 aliphatic heterocycles. The van der Waals surface area contributed by atoms with Crippen LogP contribution < -0.4 is 10.1 Å². The number of rotatable bonds is 12. The molecule has 0 spiro atoms. The van der Waals surface area contributed by atoms with Crippen LogP contribution in [0.3, 0.4) is 0 Å². The number of carboxylic acid groups (broad SMARTS) is 1. The first-order chi connectivity index (χ1) is 25.1. The average Bonchev–Trinajstić information content (AvgIpc) is 3.68. The van der Waals surface area contributed by atoms with Crippen molar-refractivity contribution >= 4 is 40.4 Å². The Morgan fingerprint density at radius 1 is 1.06 bits per heavy atom. The highest BCUT2D eigenvalue weighted by atomic mass is 35.5. The molecule has 3 fully saturated rings. The second kappa shape index (κ2) is 15.5. The number of ether oxygens (including phenoxy) is 2. The molecule has 0 unspecified atom stereocenters. The molecule has 3 N–H and O–H groups in total. The van der Waals surface area contributed by atoms with Gasteiger partial charge in [0.2, 0.25) is 11.8 Å². The van der Waals surface area contributed by atoms with Gasteiger partial charge in [0.05, 0.1) is 42.9 Å². The van der Waals surface area contributed by atoms with Crippen molar-refractivity contribution in [3.8, 4) is 5.88 Å². The first-order valence-corrected chi connectivity index (χ1v) is 17.8. The molecule has 3 aliphatic rings. The zero-order valence-corrected chi connectivity index (χ0v) is 29.2. The van der Waals surface area contributed by atoms with Gasteiger partial charge in [0.15, 0.2) is 0 Å². The Balaban J connectivity index is 0.983. The lowest BCUT2D eigenvalue weighted by Crippen LogP contribution is -2.45. The number of fused-ring (bicyclic) bond motifs is 1. The summed E-state index contributed by atoms with van der Waals surface area (Å²) in [6, 6.07) is 14.3. The molecular weight excluding hydrogens is 695 g/mol. The summed E-state index contributed by atoms with van der Waals surface area (Å²) < 4.78 is 28.0. The van der Waals surface area contributed by atoms with E-state index >= 15 is 0 Å². The largest absolute Gasteiger partial charge is 0.480 e. The van der Waals surface area contributed by atoms with E-state index < -0.39 is 42.3 Å². The van der Waals surface area contributed by atoms with Gasteiger partial charge in [-0.05, 0) is 68.8 Å². The third-order valence-corrected chi connectivity index (χ3v) is 10.3. The summed E-state index contributed by atoms with van der Waals surface area (Å²) in [5, 5.41) is 22.2. The van der Waals surface area contributed by atoms with Crippen LogP contribution in [0.5, 0.6) is 5.88 Å². The third kappa shape index (κ3) is 8.04. The lowest BCUT2D eigenvalue weighted by molar-refractivity contribution is -0.147. The van der Waals surface area contributed by atoms with E-state index in [0.717, 1.165) is 60.9 Å². The summed E-state index contributed by atoms with van der Waals surface area (Å²) in [6.45, 7) is 3.21. The number of nitrogens with zero attached hydrogens (tertiary/aromatic N) is 5. The number of carbonyl (C=O) groups is 3. The number of β-amino-alcohol motifs (C(OH)–C–C–N with tert-alkyl or cyclic N) is 1. The van der Waals surface area contributed by atoms with Gasteiger partial charge in [0, 0.05) is 53.4 Å². The van der Waals surface area contributed by atoms with Gasteiger partial charge < -0.3 is 34.5 Å². The number of carbonyl (C=O) groups excluding carboxylic acids is 2.